The van der Waals surface area contributed by atoms with Gasteiger partial charge in [-0.1, -0.05) is 18.2 Å². The van der Waals surface area contributed by atoms with Crippen LogP contribution in [0.4, 0.5) is 5.69 Å². The van der Waals surface area contributed by atoms with Gasteiger partial charge in [0.1, 0.15) is 0 Å². The van der Waals surface area contributed by atoms with E-state index < -0.39 is 10.0 Å². The molecule has 0 radical (unpaired) electrons. The molecule has 1 N–H and O–H groups in total. The summed E-state index contributed by atoms with van der Waals surface area (Å²) in [6.45, 7) is 1.16. The van der Waals surface area contributed by atoms with E-state index >= 15 is 0 Å². The second kappa shape index (κ2) is 8.13. The van der Waals surface area contributed by atoms with E-state index in [9.17, 15) is 13.2 Å². The van der Waals surface area contributed by atoms with Gasteiger partial charge in [-0.25, -0.2) is 8.42 Å². The zero-order valence-corrected chi connectivity index (χ0v) is 18.8. The highest BCUT2D eigenvalue weighted by Gasteiger charge is 2.24. The number of thiophene rings is 1. The molecule has 2 heterocycles. The van der Waals surface area contributed by atoms with Crippen LogP contribution in [0.5, 0.6) is 0 Å². The van der Waals surface area contributed by atoms with Crippen LogP contribution in [0.25, 0.3) is 0 Å². The number of benzene rings is 2. The third kappa shape index (κ3) is 4.12. The Balaban J connectivity index is 1.36. The molecule has 0 bridgehead atoms. The van der Waals surface area contributed by atoms with Gasteiger partial charge in [-0.15, -0.1) is 11.3 Å². The Bertz CT molecular complexity index is 1230. The van der Waals surface area contributed by atoms with Crippen LogP contribution in [0.3, 0.4) is 0 Å². The number of sulfonamides is 1. The Morgan fingerprint density at radius 2 is 1.68 bits per heavy atom. The third-order valence-corrected chi connectivity index (χ3v) is 8.36. The number of carbonyl (C=O) groups is 1. The van der Waals surface area contributed by atoms with E-state index in [-0.39, 0.29) is 5.91 Å². The van der Waals surface area contributed by atoms with Gasteiger partial charge in [-0.05, 0) is 90.1 Å². The monoisotopic (exact) mass is 452 g/mol. The Morgan fingerprint density at radius 3 is 2.48 bits per heavy atom. The van der Waals surface area contributed by atoms with Crippen LogP contribution >= 0.6 is 11.3 Å². The number of anilines is 1. The molecule has 2 aromatic carbocycles. The maximum Gasteiger partial charge on any atom is 0.264 e. The van der Waals surface area contributed by atoms with Crippen molar-refractivity contribution >= 4 is 33.0 Å². The minimum absolute atomic E-state index is 0.0284. The molecule has 3 aromatic rings. The molecule has 0 unspecified atom stereocenters. The van der Waals surface area contributed by atoms with Gasteiger partial charge < -0.3 is 4.90 Å². The van der Waals surface area contributed by atoms with Crippen molar-refractivity contribution in [1.29, 1.82) is 0 Å². The molecule has 5 nitrogen and oxygen atoms in total. The first-order valence-electron chi connectivity index (χ1n) is 10.6. The van der Waals surface area contributed by atoms with E-state index in [1.165, 1.54) is 23.3 Å². The van der Waals surface area contributed by atoms with E-state index in [2.05, 4.69) is 4.72 Å². The number of fused-ring (bicyclic) bond motifs is 2. The topological polar surface area (TPSA) is 66.5 Å². The van der Waals surface area contributed by atoms with Crippen LogP contribution in [-0.4, -0.2) is 25.8 Å². The molecule has 160 valence electrons. The highest BCUT2D eigenvalue weighted by molar-refractivity contribution is 7.92. The SMILES string of the molecule is O=C(c1cccs1)N1CCc2ccc(NS(=O)(=O)c3ccc4c(c3)CCCC4)cc2C1. The summed E-state index contributed by atoms with van der Waals surface area (Å²) in [5, 5.41) is 1.90. The highest BCUT2D eigenvalue weighted by Crippen LogP contribution is 2.28. The minimum atomic E-state index is -3.67. The third-order valence-electron chi connectivity index (χ3n) is 6.12. The molecule has 0 saturated heterocycles. The van der Waals surface area contributed by atoms with Crippen molar-refractivity contribution in [2.24, 2.45) is 0 Å². The van der Waals surface area contributed by atoms with Crippen molar-refractivity contribution in [1.82, 2.24) is 4.90 Å². The summed E-state index contributed by atoms with van der Waals surface area (Å²) in [5.41, 5.74) is 5.08. The summed E-state index contributed by atoms with van der Waals surface area (Å²) in [7, 11) is -3.67. The summed E-state index contributed by atoms with van der Waals surface area (Å²) < 4.78 is 28.8. The first-order chi connectivity index (χ1) is 15.0. The predicted octanol–water partition coefficient (Wildman–Crippen LogP) is 4.63. The van der Waals surface area contributed by atoms with Crippen LogP contribution in [0, 0.1) is 0 Å². The van der Waals surface area contributed by atoms with Gasteiger partial charge in [-0.2, -0.15) is 0 Å². The molecule has 1 aliphatic heterocycles. The molecule has 0 spiro atoms. The molecule has 0 atom stereocenters. The first kappa shape index (κ1) is 20.3. The van der Waals surface area contributed by atoms with Crippen LogP contribution in [-0.2, 0) is 35.8 Å². The predicted molar refractivity (Wildman–Crippen MR) is 123 cm³/mol. The number of carbonyl (C=O) groups excluding carboxylic acids is 1. The molecule has 0 saturated carbocycles. The number of nitrogens with one attached hydrogen (secondary N) is 1. The molecule has 7 heteroatoms. The Hall–Kier alpha value is -2.64. The number of nitrogens with zero attached hydrogens (tertiary/aromatic N) is 1. The largest absolute Gasteiger partial charge is 0.333 e. The molecule has 1 aromatic heterocycles. The zero-order valence-electron chi connectivity index (χ0n) is 17.1. The number of amides is 1. The second-order valence-corrected chi connectivity index (χ2v) is 10.8. The van der Waals surface area contributed by atoms with Gasteiger partial charge in [0.15, 0.2) is 0 Å². The van der Waals surface area contributed by atoms with Crippen molar-refractivity contribution in [3.8, 4) is 0 Å². The van der Waals surface area contributed by atoms with Gasteiger partial charge >= 0.3 is 0 Å². The lowest BCUT2D eigenvalue weighted by Crippen LogP contribution is -2.35. The van der Waals surface area contributed by atoms with Gasteiger partial charge in [0.05, 0.1) is 9.77 Å². The van der Waals surface area contributed by atoms with E-state index in [1.807, 2.05) is 52.7 Å². The lowest BCUT2D eigenvalue weighted by atomic mass is 9.92. The normalized spacial score (nSPS) is 15.8. The van der Waals surface area contributed by atoms with Crippen LogP contribution in [0.1, 0.15) is 44.8 Å². The molecule has 1 amide bonds. The molecule has 2 aliphatic rings. The molecule has 0 fully saturated rings. The summed E-state index contributed by atoms with van der Waals surface area (Å²) in [6, 6.07) is 14.8. The van der Waals surface area contributed by atoms with Crippen LogP contribution < -0.4 is 4.72 Å². The fourth-order valence-corrected chi connectivity index (χ4v) is 6.23. The summed E-state index contributed by atoms with van der Waals surface area (Å²) in [4.78, 5) is 15.6. The Labute approximate surface area is 186 Å². The fraction of sp³-hybridized carbons (Fsp3) is 0.292. The Kier molecular flexibility index (Phi) is 5.32. The smallest absolute Gasteiger partial charge is 0.264 e. The number of rotatable bonds is 4. The van der Waals surface area contributed by atoms with Crippen molar-refractivity contribution in [2.45, 2.75) is 43.5 Å². The molecule has 1 aliphatic carbocycles. The van der Waals surface area contributed by atoms with E-state index in [0.717, 1.165) is 47.3 Å². The number of aryl methyl sites for hydroxylation is 2. The number of hydrogen-bond donors (Lipinski definition) is 1. The van der Waals surface area contributed by atoms with Gasteiger partial charge in [0, 0.05) is 18.8 Å². The number of hydrogen-bond acceptors (Lipinski definition) is 4. The summed E-state index contributed by atoms with van der Waals surface area (Å²) >= 11 is 1.44. The maximum atomic E-state index is 13.0. The lowest BCUT2D eigenvalue weighted by molar-refractivity contribution is 0.0739. The zero-order chi connectivity index (χ0) is 21.4. The first-order valence-corrected chi connectivity index (χ1v) is 13.0. The standard InChI is InChI=1S/C24H24N2O3S2/c27-24(23-6-3-13-30-23)26-12-11-18-7-9-21(14-20(18)16-26)25-31(28,29)22-10-8-17-4-1-2-5-19(17)15-22/h3,6-10,13-15,25H,1-2,4-5,11-12,16H2. The molecule has 5 rings (SSSR count). The second-order valence-electron chi connectivity index (χ2n) is 8.18. The molecular weight excluding hydrogens is 428 g/mol. The summed E-state index contributed by atoms with van der Waals surface area (Å²) in [5.74, 6) is 0.0284. The lowest BCUT2D eigenvalue weighted by Gasteiger charge is -2.29. The van der Waals surface area contributed by atoms with E-state index in [1.54, 1.807) is 6.07 Å². The quantitative estimate of drug-likeness (QED) is 0.628. The van der Waals surface area contributed by atoms with E-state index in [0.29, 0.717) is 23.7 Å². The van der Waals surface area contributed by atoms with Gasteiger partial charge in [0.25, 0.3) is 15.9 Å². The molecular formula is C24H24N2O3S2. The Morgan fingerprint density at radius 1 is 0.903 bits per heavy atom. The fourth-order valence-electron chi connectivity index (χ4n) is 4.44. The van der Waals surface area contributed by atoms with Crippen molar-refractivity contribution < 1.29 is 13.2 Å². The van der Waals surface area contributed by atoms with Crippen molar-refractivity contribution in [2.75, 3.05) is 11.3 Å². The average molecular weight is 453 g/mol. The van der Waals surface area contributed by atoms with Crippen LogP contribution in [0.2, 0.25) is 0 Å². The van der Waals surface area contributed by atoms with Crippen molar-refractivity contribution in [3.05, 3.63) is 81.0 Å². The van der Waals surface area contributed by atoms with Crippen molar-refractivity contribution in [3.63, 3.8) is 0 Å². The maximum absolute atomic E-state index is 13.0. The molecule has 31 heavy (non-hydrogen) atoms. The minimum Gasteiger partial charge on any atom is -0.333 e. The van der Waals surface area contributed by atoms with Gasteiger partial charge in [-0.3, -0.25) is 9.52 Å². The highest BCUT2D eigenvalue weighted by atomic mass is 32.2. The summed E-state index contributed by atoms with van der Waals surface area (Å²) in [6.07, 6.45) is 5.00. The van der Waals surface area contributed by atoms with Crippen LogP contribution in [0.15, 0.2) is 58.8 Å². The van der Waals surface area contributed by atoms with Gasteiger partial charge in [0.2, 0.25) is 0 Å². The average Bonchev–Trinajstić information content (AvgIpc) is 3.32. The van der Waals surface area contributed by atoms with E-state index in [4.69, 9.17) is 0 Å².